The smallest absolute Gasteiger partial charge is 0.338 e. The van der Waals surface area contributed by atoms with Gasteiger partial charge in [0.1, 0.15) is 5.82 Å². The molecule has 0 aromatic heterocycles. The van der Waals surface area contributed by atoms with Gasteiger partial charge in [0.15, 0.2) is 0 Å². The molecule has 32 heavy (non-hydrogen) atoms. The third-order valence-electron chi connectivity index (χ3n) is 5.86. The second-order valence-corrected chi connectivity index (χ2v) is 7.88. The molecule has 0 bridgehead atoms. The molecule has 0 saturated carbocycles. The molecule has 1 N–H and O–H groups in total. The molecule has 0 unspecified atom stereocenters. The highest BCUT2D eigenvalue weighted by atomic mass is 19.1. The molecule has 8 nitrogen and oxygen atoms in total. The summed E-state index contributed by atoms with van der Waals surface area (Å²) in [4.78, 5) is 41.2. The molecule has 1 atom stereocenters. The van der Waals surface area contributed by atoms with E-state index in [1.54, 1.807) is 33.0 Å². The van der Waals surface area contributed by atoms with E-state index in [-0.39, 0.29) is 24.5 Å². The normalized spacial score (nSPS) is 20.2. The first-order valence-electron chi connectivity index (χ1n) is 10.9. The molecule has 0 aliphatic carbocycles. The standard InChI is InChI=1S/C23H30FN3O5/c1-4-31-21(28)16-10-12-27(13-11-16)14-18-19(22(29)32-5-2)20(25-23(30)26(18)3)15-6-8-17(24)9-7-15/h6-9,16,20H,4-5,10-14H2,1-3H3,(H,25,30)/t20-/m1/s1. The zero-order valence-electron chi connectivity index (χ0n) is 18.7. The van der Waals surface area contributed by atoms with E-state index in [1.807, 2.05) is 0 Å². The van der Waals surface area contributed by atoms with Gasteiger partial charge in [0, 0.05) is 19.3 Å². The minimum absolute atomic E-state index is 0.135. The Hall–Kier alpha value is -2.94. The maximum atomic E-state index is 13.5. The zero-order chi connectivity index (χ0) is 23.3. The summed E-state index contributed by atoms with van der Waals surface area (Å²) in [5, 5.41) is 2.82. The number of esters is 2. The first-order valence-corrected chi connectivity index (χ1v) is 10.9. The van der Waals surface area contributed by atoms with E-state index in [2.05, 4.69) is 10.2 Å². The number of hydrogen-bond donors (Lipinski definition) is 1. The number of carbonyl (C=O) groups excluding carboxylic acids is 3. The van der Waals surface area contributed by atoms with Crippen molar-refractivity contribution in [3.8, 4) is 0 Å². The quantitative estimate of drug-likeness (QED) is 0.647. The zero-order valence-corrected chi connectivity index (χ0v) is 18.7. The Bertz CT molecular complexity index is 878. The predicted molar refractivity (Wildman–Crippen MR) is 115 cm³/mol. The van der Waals surface area contributed by atoms with E-state index in [4.69, 9.17) is 9.47 Å². The van der Waals surface area contributed by atoms with Crippen LogP contribution in [0, 0.1) is 11.7 Å². The number of piperidine rings is 1. The van der Waals surface area contributed by atoms with Crippen molar-refractivity contribution in [3.05, 3.63) is 46.9 Å². The number of urea groups is 1. The fourth-order valence-corrected chi connectivity index (χ4v) is 4.10. The molecule has 2 amide bonds. The van der Waals surface area contributed by atoms with Gasteiger partial charge in [-0.1, -0.05) is 12.1 Å². The van der Waals surface area contributed by atoms with Crippen molar-refractivity contribution in [2.45, 2.75) is 32.7 Å². The first-order chi connectivity index (χ1) is 15.3. The van der Waals surface area contributed by atoms with Gasteiger partial charge in [-0.2, -0.15) is 0 Å². The number of ether oxygens (including phenoxy) is 2. The van der Waals surface area contributed by atoms with Gasteiger partial charge in [-0.25, -0.2) is 14.0 Å². The van der Waals surface area contributed by atoms with Crippen LogP contribution in [0.1, 0.15) is 38.3 Å². The van der Waals surface area contributed by atoms with Crippen LogP contribution in [0.4, 0.5) is 9.18 Å². The lowest BCUT2D eigenvalue weighted by Crippen LogP contribution is -2.50. The van der Waals surface area contributed by atoms with Crippen molar-refractivity contribution in [2.24, 2.45) is 5.92 Å². The van der Waals surface area contributed by atoms with Crippen LogP contribution in [-0.2, 0) is 19.1 Å². The second-order valence-electron chi connectivity index (χ2n) is 7.88. The molecule has 1 saturated heterocycles. The van der Waals surface area contributed by atoms with E-state index in [0.717, 1.165) is 0 Å². The van der Waals surface area contributed by atoms with Gasteiger partial charge < -0.3 is 14.8 Å². The number of nitrogens with one attached hydrogen (secondary N) is 1. The summed E-state index contributed by atoms with van der Waals surface area (Å²) in [6, 6.07) is 4.58. The number of halogens is 1. The summed E-state index contributed by atoms with van der Waals surface area (Å²) >= 11 is 0. The second kappa shape index (κ2) is 10.6. The molecule has 3 rings (SSSR count). The largest absolute Gasteiger partial charge is 0.466 e. The van der Waals surface area contributed by atoms with Gasteiger partial charge in [0.05, 0.1) is 30.7 Å². The topological polar surface area (TPSA) is 88.2 Å². The van der Waals surface area contributed by atoms with Gasteiger partial charge in [-0.3, -0.25) is 14.6 Å². The Morgan fingerprint density at radius 2 is 1.72 bits per heavy atom. The number of hydrogen-bond acceptors (Lipinski definition) is 6. The Morgan fingerprint density at radius 1 is 1.09 bits per heavy atom. The van der Waals surface area contributed by atoms with Crippen LogP contribution in [0.25, 0.3) is 0 Å². The molecule has 1 aromatic rings. The molecule has 2 aliphatic heterocycles. The molecule has 1 fully saturated rings. The maximum absolute atomic E-state index is 13.5. The van der Waals surface area contributed by atoms with Gasteiger partial charge in [0.25, 0.3) is 0 Å². The molecule has 2 aliphatic rings. The number of benzene rings is 1. The molecular formula is C23H30FN3O5. The number of carbonyl (C=O) groups is 3. The highest BCUT2D eigenvalue weighted by Crippen LogP contribution is 2.32. The Morgan fingerprint density at radius 3 is 2.31 bits per heavy atom. The van der Waals surface area contributed by atoms with Crippen molar-refractivity contribution in [1.29, 1.82) is 0 Å². The van der Waals surface area contributed by atoms with Gasteiger partial charge >= 0.3 is 18.0 Å². The van der Waals surface area contributed by atoms with Crippen molar-refractivity contribution in [1.82, 2.24) is 15.1 Å². The van der Waals surface area contributed by atoms with Crippen molar-refractivity contribution < 1.29 is 28.2 Å². The summed E-state index contributed by atoms with van der Waals surface area (Å²) in [5.74, 6) is -1.24. The van der Waals surface area contributed by atoms with E-state index in [9.17, 15) is 18.8 Å². The van der Waals surface area contributed by atoms with Gasteiger partial charge in [-0.05, 0) is 57.5 Å². The van der Waals surface area contributed by atoms with Gasteiger partial charge in [0.2, 0.25) is 0 Å². The van der Waals surface area contributed by atoms with Crippen molar-refractivity contribution in [2.75, 3.05) is 39.9 Å². The molecule has 1 aromatic carbocycles. The minimum atomic E-state index is -0.745. The molecule has 0 radical (unpaired) electrons. The van der Waals surface area contributed by atoms with E-state index < -0.39 is 17.8 Å². The van der Waals surface area contributed by atoms with Crippen LogP contribution in [0.3, 0.4) is 0 Å². The highest BCUT2D eigenvalue weighted by molar-refractivity contribution is 5.95. The summed E-state index contributed by atoms with van der Waals surface area (Å²) in [7, 11) is 1.61. The molecule has 2 heterocycles. The predicted octanol–water partition coefficient (Wildman–Crippen LogP) is 2.61. The van der Waals surface area contributed by atoms with E-state index >= 15 is 0 Å². The monoisotopic (exact) mass is 447 g/mol. The van der Waals surface area contributed by atoms with Crippen LogP contribution in [0.5, 0.6) is 0 Å². The third kappa shape index (κ3) is 5.27. The highest BCUT2D eigenvalue weighted by Gasteiger charge is 2.38. The lowest BCUT2D eigenvalue weighted by Gasteiger charge is -2.38. The van der Waals surface area contributed by atoms with Crippen LogP contribution < -0.4 is 5.32 Å². The summed E-state index contributed by atoms with van der Waals surface area (Å²) in [6.07, 6.45) is 1.30. The summed E-state index contributed by atoms with van der Waals surface area (Å²) < 4.78 is 23.9. The van der Waals surface area contributed by atoms with Crippen LogP contribution in [0.15, 0.2) is 35.5 Å². The van der Waals surface area contributed by atoms with Crippen LogP contribution in [0.2, 0.25) is 0 Å². The number of likely N-dealkylation sites (tertiary alicyclic amines) is 1. The number of nitrogens with zero attached hydrogens (tertiary/aromatic N) is 2. The lowest BCUT2D eigenvalue weighted by atomic mass is 9.93. The third-order valence-corrected chi connectivity index (χ3v) is 5.86. The Kier molecular flexibility index (Phi) is 7.84. The van der Waals surface area contributed by atoms with E-state index in [1.165, 1.54) is 17.0 Å². The fraction of sp³-hybridized carbons (Fsp3) is 0.522. The van der Waals surface area contributed by atoms with Crippen LogP contribution >= 0.6 is 0 Å². The number of likely N-dealkylation sites (N-methyl/N-ethyl adjacent to an activating group) is 1. The van der Waals surface area contributed by atoms with Crippen molar-refractivity contribution >= 4 is 18.0 Å². The molecule has 9 heteroatoms. The number of amides is 2. The lowest BCUT2D eigenvalue weighted by molar-refractivity contribution is -0.149. The Labute approximate surface area is 187 Å². The maximum Gasteiger partial charge on any atom is 0.338 e. The first kappa shape index (κ1) is 23.7. The Balaban J connectivity index is 1.88. The molecule has 174 valence electrons. The molecule has 0 spiro atoms. The SMILES string of the molecule is CCOC(=O)C1=C(CN2CCC(C(=O)OCC)CC2)N(C)C(=O)N[C@@H]1c1ccc(F)cc1. The van der Waals surface area contributed by atoms with Gasteiger partial charge in [-0.15, -0.1) is 0 Å². The fourth-order valence-electron chi connectivity index (χ4n) is 4.10. The number of rotatable bonds is 7. The van der Waals surface area contributed by atoms with Crippen LogP contribution in [-0.4, -0.2) is 67.7 Å². The van der Waals surface area contributed by atoms with E-state index in [0.29, 0.717) is 55.9 Å². The average molecular weight is 448 g/mol. The van der Waals surface area contributed by atoms with Crippen molar-refractivity contribution in [3.63, 3.8) is 0 Å². The average Bonchev–Trinajstić information content (AvgIpc) is 2.78. The minimum Gasteiger partial charge on any atom is -0.466 e. The summed E-state index contributed by atoms with van der Waals surface area (Å²) in [6.45, 7) is 5.69. The molecular weight excluding hydrogens is 417 g/mol. The summed E-state index contributed by atoms with van der Waals surface area (Å²) in [5.41, 5.74) is 1.46.